The van der Waals surface area contributed by atoms with E-state index in [0.717, 1.165) is 21.8 Å². The molecule has 2 atom stereocenters. The van der Waals surface area contributed by atoms with Crippen LogP contribution in [0.3, 0.4) is 0 Å². The van der Waals surface area contributed by atoms with E-state index in [4.69, 9.17) is 16.5 Å². The minimum absolute atomic E-state index is 0.0264. The van der Waals surface area contributed by atoms with Crippen LogP contribution in [0.25, 0.3) is 11.1 Å². The normalized spacial score (nSPS) is 23.4. The molecule has 0 saturated carbocycles. The van der Waals surface area contributed by atoms with Gasteiger partial charge in [0.25, 0.3) is 0 Å². The van der Waals surface area contributed by atoms with Crippen molar-refractivity contribution in [2.75, 3.05) is 30.8 Å². The van der Waals surface area contributed by atoms with Gasteiger partial charge in [0.05, 0.1) is 18.2 Å². The van der Waals surface area contributed by atoms with Gasteiger partial charge in [-0.15, -0.1) is 11.3 Å². The summed E-state index contributed by atoms with van der Waals surface area (Å²) in [5.41, 5.74) is 13.9. The Morgan fingerprint density at radius 1 is 1.20 bits per heavy atom. The summed E-state index contributed by atoms with van der Waals surface area (Å²) >= 11 is 1.58. The van der Waals surface area contributed by atoms with Crippen LogP contribution in [0.1, 0.15) is 4.88 Å². The first-order valence-corrected chi connectivity index (χ1v) is 10.4. The number of anilines is 2. The number of thiophene rings is 1. The Hall–Kier alpha value is -3.46. The summed E-state index contributed by atoms with van der Waals surface area (Å²) in [6, 6.07) is 9.73. The fourth-order valence-corrected chi connectivity index (χ4v) is 5.32. The molecule has 3 aromatic rings. The molecule has 1 unspecified atom stereocenters. The summed E-state index contributed by atoms with van der Waals surface area (Å²) in [4.78, 5) is 31.3. The molecule has 0 aliphatic carbocycles. The van der Waals surface area contributed by atoms with Crippen LogP contribution < -0.4 is 16.4 Å². The molecule has 1 saturated heterocycles. The molecule has 1 fully saturated rings. The van der Waals surface area contributed by atoms with Crippen LogP contribution in [0.4, 0.5) is 11.5 Å². The number of guanidine groups is 1. The largest absolute Gasteiger partial charge is 0.397 e. The quantitative estimate of drug-likeness (QED) is 0.670. The number of hydrogen-bond donors (Lipinski definition) is 2. The standard InChI is InChI=1S/C21H21N7OS/c1-27-19(29)16-10-28(18-4-2-3-5-25-18)12-21(16,26-20(27)23)17-7-14(11-30-17)13-6-15(22)9-24-8-13/h2-9,11,16H,10,12,22H2,1H3,(H2,23,26)/t16?,21-/m0/s1. The van der Waals surface area contributed by atoms with Crippen molar-refractivity contribution in [2.45, 2.75) is 5.54 Å². The van der Waals surface area contributed by atoms with Gasteiger partial charge in [0.2, 0.25) is 5.91 Å². The molecule has 2 aliphatic rings. The number of rotatable bonds is 3. The Morgan fingerprint density at radius 2 is 2.07 bits per heavy atom. The number of fused-ring (bicyclic) bond motifs is 1. The molecule has 0 bridgehead atoms. The summed E-state index contributed by atoms with van der Waals surface area (Å²) in [5, 5.41) is 2.05. The van der Waals surface area contributed by atoms with Crippen LogP contribution in [0.5, 0.6) is 0 Å². The number of pyridine rings is 2. The van der Waals surface area contributed by atoms with Crippen LogP contribution in [0.15, 0.2) is 59.3 Å². The van der Waals surface area contributed by atoms with Gasteiger partial charge in [-0.1, -0.05) is 6.07 Å². The maximum absolute atomic E-state index is 13.2. The predicted octanol–water partition coefficient (Wildman–Crippen LogP) is 1.91. The van der Waals surface area contributed by atoms with Crippen molar-refractivity contribution in [3.05, 3.63) is 59.2 Å². The van der Waals surface area contributed by atoms with Crippen molar-refractivity contribution in [3.8, 4) is 11.1 Å². The molecule has 0 radical (unpaired) electrons. The zero-order valence-electron chi connectivity index (χ0n) is 16.4. The van der Waals surface area contributed by atoms with Gasteiger partial charge < -0.3 is 16.4 Å². The maximum Gasteiger partial charge on any atom is 0.236 e. The van der Waals surface area contributed by atoms with E-state index in [1.54, 1.807) is 37.0 Å². The van der Waals surface area contributed by atoms with Crippen LogP contribution in [0, 0.1) is 5.92 Å². The SMILES string of the molecule is CN1C(=O)C2CN(c3ccccn3)C[C@]2(c2cc(-c3cncc(N)c3)cs2)N=C1N. The zero-order chi connectivity index (χ0) is 20.9. The highest BCUT2D eigenvalue weighted by Crippen LogP contribution is 2.47. The monoisotopic (exact) mass is 419 g/mol. The molecule has 0 aromatic carbocycles. The van der Waals surface area contributed by atoms with Gasteiger partial charge in [0.15, 0.2) is 5.96 Å². The number of carbonyl (C=O) groups is 1. The number of hydrogen-bond acceptors (Lipinski definition) is 8. The lowest BCUT2D eigenvalue weighted by molar-refractivity contribution is -0.132. The number of amides is 1. The van der Waals surface area contributed by atoms with Crippen molar-refractivity contribution in [1.82, 2.24) is 14.9 Å². The van der Waals surface area contributed by atoms with Crippen LogP contribution >= 0.6 is 11.3 Å². The van der Waals surface area contributed by atoms with Crippen molar-refractivity contribution in [3.63, 3.8) is 0 Å². The molecule has 5 rings (SSSR count). The van der Waals surface area contributed by atoms with Crippen molar-refractivity contribution in [2.24, 2.45) is 16.6 Å². The van der Waals surface area contributed by atoms with E-state index in [2.05, 4.69) is 26.3 Å². The summed E-state index contributed by atoms with van der Waals surface area (Å²) < 4.78 is 0. The third-order valence-electron chi connectivity index (χ3n) is 5.79. The molecule has 2 aliphatic heterocycles. The second-order valence-electron chi connectivity index (χ2n) is 7.62. The fraction of sp³-hybridized carbons (Fsp3) is 0.238. The summed E-state index contributed by atoms with van der Waals surface area (Å²) in [6.07, 6.45) is 5.16. The van der Waals surface area contributed by atoms with Crippen molar-refractivity contribution < 1.29 is 4.79 Å². The summed E-state index contributed by atoms with van der Waals surface area (Å²) in [6.45, 7) is 1.06. The zero-order valence-corrected chi connectivity index (χ0v) is 17.2. The fourth-order valence-electron chi connectivity index (χ4n) is 4.21. The molecular formula is C21H21N7OS. The average Bonchev–Trinajstić information content (AvgIpc) is 3.39. The first kappa shape index (κ1) is 18.6. The number of aromatic nitrogens is 2. The van der Waals surface area contributed by atoms with Gasteiger partial charge in [0.1, 0.15) is 11.4 Å². The Balaban J connectivity index is 1.60. The van der Waals surface area contributed by atoms with Gasteiger partial charge in [-0.2, -0.15) is 0 Å². The van der Waals surface area contributed by atoms with Gasteiger partial charge in [0, 0.05) is 42.6 Å². The Bertz CT molecular complexity index is 1150. The average molecular weight is 420 g/mol. The molecule has 5 heterocycles. The third kappa shape index (κ3) is 2.81. The van der Waals surface area contributed by atoms with Gasteiger partial charge in [-0.3, -0.25) is 14.7 Å². The molecule has 0 spiro atoms. The van der Waals surface area contributed by atoms with E-state index in [1.165, 1.54) is 4.90 Å². The van der Waals surface area contributed by atoms with Crippen molar-refractivity contribution >= 4 is 34.7 Å². The number of nitrogens with two attached hydrogens (primary N) is 2. The summed E-state index contributed by atoms with van der Waals surface area (Å²) in [7, 11) is 1.67. The smallest absolute Gasteiger partial charge is 0.236 e. The highest BCUT2D eigenvalue weighted by atomic mass is 32.1. The summed E-state index contributed by atoms with van der Waals surface area (Å²) in [5.74, 6) is 0.691. The topological polar surface area (TPSA) is 114 Å². The van der Waals surface area contributed by atoms with E-state index < -0.39 is 5.54 Å². The van der Waals surface area contributed by atoms with Gasteiger partial charge >= 0.3 is 0 Å². The molecule has 152 valence electrons. The lowest BCUT2D eigenvalue weighted by Gasteiger charge is -2.36. The van der Waals surface area contributed by atoms with Gasteiger partial charge in [-0.05, 0) is 35.2 Å². The van der Waals surface area contributed by atoms with Crippen LogP contribution in [0.2, 0.25) is 0 Å². The van der Waals surface area contributed by atoms with E-state index in [0.29, 0.717) is 18.8 Å². The second kappa shape index (κ2) is 6.81. The molecular weight excluding hydrogens is 398 g/mol. The number of nitrogens with zero attached hydrogens (tertiary/aromatic N) is 5. The molecule has 3 aromatic heterocycles. The number of carbonyl (C=O) groups excluding carboxylic acids is 1. The minimum Gasteiger partial charge on any atom is -0.397 e. The van der Waals surface area contributed by atoms with E-state index >= 15 is 0 Å². The van der Waals surface area contributed by atoms with Crippen molar-refractivity contribution in [1.29, 1.82) is 0 Å². The number of aliphatic imine (C=N–C) groups is 1. The molecule has 30 heavy (non-hydrogen) atoms. The van der Waals surface area contributed by atoms with E-state index in [-0.39, 0.29) is 17.8 Å². The first-order valence-electron chi connectivity index (χ1n) is 9.57. The minimum atomic E-state index is -0.748. The lowest BCUT2D eigenvalue weighted by atomic mass is 9.83. The van der Waals surface area contributed by atoms with E-state index in [9.17, 15) is 4.79 Å². The Labute approximate surface area is 177 Å². The highest BCUT2D eigenvalue weighted by molar-refractivity contribution is 7.10. The van der Waals surface area contributed by atoms with Gasteiger partial charge in [-0.25, -0.2) is 9.98 Å². The Morgan fingerprint density at radius 3 is 2.83 bits per heavy atom. The molecule has 9 heteroatoms. The molecule has 4 N–H and O–H groups in total. The van der Waals surface area contributed by atoms with Crippen LogP contribution in [-0.4, -0.2) is 46.9 Å². The first-order chi connectivity index (χ1) is 14.5. The van der Waals surface area contributed by atoms with E-state index in [1.807, 2.05) is 24.3 Å². The highest BCUT2D eigenvalue weighted by Gasteiger charge is 2.56. The Kier molecular flexibility index (Phi) is 4.21. The van der Waals surface area contributed by atoms with Crippen LogP contribution in [-0.2, 0) is 10.3 Å². The lowest BCUT2D eigenvalue weighted by Crippen LogP contribution is -2.54. The predicted molar refractivity (Wildman–Crippen MR) is 118 cm³/mol. The third-order valence-corrected chi connectivity index (χ3v) is 6.89. The number of nitrogen functional groups attached to an aromatic ring is 1. The molecule has 8 nitrogen and oxygen atoms in total. The maximum atomic E-state index is 13.2. The second-order valence-corrected chi connectivity index (χ2v) is 8.53. The molecule has 1 amide bonds.